The molecule has 0 spiro atoms. The summed E-state index contributed by atoms with van der Waals surface area (Å²) in [6.45, 7) is 0. The summed E-state index contributed by atoms with van der Waals surface area (Å²) < 4.78 is 4.91. The third-order valence-corrected chi connectivity index (χ3v) is 1.53. The Balaban J connectivity index is 0.000000720. The van der Waals surface area contributed by atoms with Gasteiger partial charge in [-0.2, -0.15) is 0 Å². The number of benzene rings is 1. The van der Waals surface area contributed by atoms with Gasteiger partial charge in [0.05, 0.1) is 0 Å². The minimum atomic E-state index is -0.302. The number of hydrogen-bond donors (Lipinski definition) is 0. The molecule has 2 rings (SSSR count). The summed E-state index contributed by atoms with van der Waals surface area (Å²) in [4.78, 5) is 10.7. The van der Waals surface area contributed by atoms with E-state index in [1.807, 2.05) is 18.2 Å². The van der Waals surface area contributed by atoms with E-state index in [4.69, 9.17) is 4.42 Å². The van der Waals surface area contributed by atoms with Crippen molar-refractivity contribution >= 4 is 62.4 Å². The fourth-order valence-corrected chi connectivity index (χ4v) is 1.01. The summed E-state index contributed by atoms with van der Waals surface area (Å²) in [6.07, 6.45) is 0. The first kappa shape index (κ1) is 10.1. The Kier molecular flexibility index (Phi) is 3.67. The summed E-state index contributed by atoms with van der Waals surface area (Å²) >= 11 is 0. The van der Waals surface area contributed by atoms with Gasteiger partial charge in [-0.1, -0.05) is 18.2 Å². The van der Waals surface area contributed by atoms with Crippen LogP contribution in [0.5, 0.6) is 0 Å². The zero-order chi connectivity index (χ0) is 7.68. The third kappa shape index (κ3) is 2.05. The van der Waals surface area contributed by atoms with Gasteiger partial charge in [0.25, 0.3) is 0 Å². The van der Waals surface area contributed by atoms with Crippen LogP contribution in [-0.4, -0.2) is 51.4 Å². The van der Waals surface area contributed by atoms with Crippen molar-refractivity contribution in [3.63, 3.8) is 0 Å². The average molecular weight is 185 g/mol. The summed E-state index contributed by atoms with van der Waals surface area (Å²) in [6, 6.07) is 10.6. The predicted octanol–water partition coefficient (Wildman–Crippen LogP) is 1.41. The first-order valence-electron chi connectivity index (χ1n) is 3.35. The van der Waals surface area contributed by atoms with Gasteiger partial charge in [0.1, 0.15) is 5.58 Å². The van der Waals surface area contributed by atoms with Crippen molar-refractivity contribution in [2.75, 3.05) is 0 Å². The molecule has 0 saturated carbocycles. The van der Waals surface area contributed by atoms with Gasteiger partial charge in [0, 0.05) is 62.8 Å². The van der Waals surface area contributed by atoms with Crippen LogP contribution in [-0.2, 0) is 0 Å². The van der Waals surface area contributed by atoms with Crippen molar-refractivity contribution in [2.24, 2.45) is 0 Å². The smallest absolute Gasteiger partial charge is 0.336 e. The van der Waals surface area contributed by atoms with Crippen molar-refractivity contribution in [3.05, 3.63) is 46.8 Å². The fourth-order valence-electron chi connectivity index (χ4n) is 1.01. The van der Waals surface area contributed by atoms with E-state index >= 15 is 0 Å². The van der Waals surface area contributed by atoms with E-state index in [-0.39, 0.29) is 57.0 Å². The van der Waals surface area contributed by atoms with E-state index in [1.54, 1.807) is 12.1 Å². The first-order valence-corrected chi connectivity index (χ1v) is 3.35. The Bertz CT molecular complexity index is 433. The molecule has 0 aliphatic carbocycles. The quantitative estimate of drug-likeness (QED) is 0.459. The van der Waals surface area contributed by atoms with Crippen LogP contribution in [0.1, 0.15) is 0 Å². The average Bonchev–Trinajstić information content (AvgIpc) is 2.04. The van der Waals surface area contributed by atoms with Crippen molar-refractivity contribution in [2.45, 2.75) is 0 Å². The van der Waals surface area contributed by atoms with Crippen molar-refractivity contribution in [1.29, 1.82) is 0 Å². The van der Waals surface area contributed by atoms with E-state index < -0.39 is 0 Å². The van der Waals surface area contributed by atoms with Crippen LogP contribution in [0.2, 0.25) is 0 Å². The fraction of sp³-hybridized carbons (Fsp3) is 0. The van der Waals surface area contributed by atoms with Crippen LogP contribution < -0.4 is 5.63 Å². The van der Waals surface area contributed by atoms with Gasteiger partial charge < -0.3 is 4.42 Å². The normalized spacial score (nSPS) is 9.33. The maximum absolute atomic E-state index is 10.7. The molecule has 0 saturated heterocycles. The van der Waals surface area contributed by atoms with Gasteiger partial charge in [-0.25, -0.2) is 4.79 Å². The second-order valence-electron chi connectivity index (χ2n) is 2.29. The Morgan fingerprint density at radius 1 is 1.00 bits per heavy atom. The molecule has 0 atom stereocenters. The molecule has 0 amide bonds. The van der Waals surface area contributed by atoms with Gasteiger partial charge in [-0.05, 0) is 12.1 Å². The number of para-hydroxylation sites is 1. The first-order chi connectivity index (χ1) is 5.36. The molecule has 55 valence electrons. The molecule has 1 heterocycles. The SMILES string of the molecule is O=c1ccc2ccccc2o1.[K]. The van der Waals surface area contributed by atoms with Gasteiger partial charge in [-0.15, -0.1) is 0 Å². The standard InChI is InChI=1S/C9H6O2.K/c10-9-6-5-7-3-1-2-4-8(7)11-9;/h1-6H;. The molecule has 0 aliphatic rings. The third-order valence-electron chi connectivity index (χ3n) is 1.53. The van der Waals surface area contributed by atoms with Crippen molar-refractivity contribution < 1.29 is 4.42 Å². The van der Waals surface area contributed by atoms with Crippen LogP contribution in [0, 0.1) is 0 Å². The van der Waals surface area contributed by atoms with E-state index in [0.29, 0.717) is 5.58 Å². The molecule has 2 aromatic rings. The van der Waals surface area contributed by atoms with Crippen LogP contribution in [0.3, 0.4) is 0 Å². The van der Waals surface area contributed by atoms with E-state index in [1.165, 1.54) is 6.07 Å². The molecule has 0 N–H and O–H groups in total. The van der Waals surface area contributed by atoms with Crippen LogP contribution in [0.25, 0.3) is 11.0 Å². The maximum atomic E-state index is 10.7. The van der Waals surface area contributed by atoms with Crippen molar-refractivity contribution in [1.82, 2.24) is 0 Å². The molecule has 3 heteroatoms. The maximum Gasteiger partial charge on any atom is 0.336 e. The zero-order valence-corrected chi connectivity index (χ0v) is 9.90. The number of rotatable bonds is 0. The van der Waals surface area contributed by atoms with Crippen LogP contribution in [0.15, 0.2) is 45.6 Å². The monoisotopic (exact) mass is 185 g/mol. The van der Waals surface area contributed by atoms with Gasteiger partial charge >= 0.3 is 5.63 Å². The molecule has 0 aliphatic heterocycles. The van der Waals surface area contributed by atoms with Crippen molar-refractivity contribution in [3.8, 4) is 0 Å². The molecule has 0 fully saturated rings. The molecule has 1 aromatic heterocycles. The predicted molar refractivity (Wildman–Crippen MR) is 48.2 cm³/mol. The summed E-state index contributed by atoms with van der Waals surface area (Å²) in [5, 5.41) is 0.951. The van der Waals surface area contributed by atoms with E-state index in [2.05, 4.69) is 0 Å². The number of hydrogen-bond acceptors (Lipinski definition) is 2. The second-order valence-corrected chi connectivity index (χ2v) is 2.29. The van der Waals surface area contributed by atoms with Crippen LogP contribution in [0.4, 0.5) is 0 Å². The Morgan fingerprint density at radius 2 is 1.75 bits per heavy atom. The molecule has 1 radical (unpaired) electrons. The molecular formula is C9H6KO2. The second kappa shape index (κ2) is 4.34. The van der Waals surface area contributed by atoms with Gasteiger partial charge in [0.2, 0.25) is 0 Å². The van der Waals surface area contributed by atoms with E-state index in [0.717, 1.165) is 5.39 Å². The largest absolute Gasteiger partial charge is 0.423 e. The Hall–Kier alpha value is 0.0664. The minimum absolute atomic E-state index is 0. The van der Waals surface area contributed by atoms with Crippen LogP contribution >= 0.6 is 0 Å². The molecule has 0 unspecified atom stereocenters. The molecular weight excluding hydrogens is 179 g/mol. The molecule has 12 heavy (non-hydrogen) atoms. The van der Waals surface area contributed by atoms with Gasteiger partial charge in [0.15, 0.2) is 0 Å². The summed E-state index contributed by atoms with van der Waals surface area (Å²) in [5.41, 5.74) is 0.337. The molecule has 0 bridgehead atoms. The Labute approximate surface area is 112 Å². The zero-order valence-electron chi connectivity index (χ0n) is 6.78. The number of fused-ring (bicyclic) bond motifs is 1. The summed E-state index contributed by atoms with van der Waals surface area (Å²) in [5.74, 6) is 0. The van der Waals surface area contributed by atoms with E-state index in [9.17, 15) is 4.79 Å². The van der Waals surface area contributed by atoms with Gasteiger partial charge in [-0.3, -0.25) is 0 Å². The topological polar surface area (TPSA) is 30.2 Å². The Morgan fingerprint density at radius 3 is 2.58 bits per heavy atom. The summed E-state index contributed by atoms with van der Waals surface area (Å²) in [7, 11) is 0. The molecule has 1 aromatic carbocycles. The molecule has 2 nitrogen and oxygen atoms in total. The minimum Gasteiger partial charge on any atom is -0.423 e.